The summed E-state index contributed by atoms with van der Waals surface area (Å²) in [6, 6.07) is 0. The number of hydrogen-bond donors (Lipinski definition) is 1. The third-order valence-electron chi connectivity index (χ3n) is 3.84. The highest BCUT2D eigenvalue weighted by molar-refractivity contribution is 7.09. The molecule has 5 nitrogen and oxygen atoms in total. The Morgan fingerprint density at radius 1 is 1.40 bits per heavy atom. The maximum Gasteiger partial charge on any atom is 0.229 e. The average Bonchev–Trinajstić information content (AvgIpc) is 3.12. The van der Waals surface area contributed by atoms with Crippen LogP contribution in [0, 0.1) is 12.8 Å². The van der Waals surface area contributed by atoms with Crippen molar-refractivity contribution >= 4 is 11.3 Å². The molecule has 0 saturated heterocycles. The summed E-state index contributed by atoms with van der Waals surface area (Å²) in [6.07, 6.45) is 5.37. The highest BCUT2D eigenvalue weighted by atomic mass is 32.1. The first-order valence-corrected chi connectivity index (χ1v) is 7.99. The summed E-state index contributed by atoms with van der Waals surface area (Å²) in [5.41, 5.74) is 0.969. The molecule has 0 amide bonds. The summed E-state index contributed by atoms with van der Waals surface area (Å²) in [5, 5.41) is 17.2. The molecule has 0 aliphatic heterocycles. The van der Waals surface area contributed by atoms with E-state index in [1.54, 1.807) is 11.3 Å². The highest BCUT2D eigenvalue weighted by Crippen LogP contribution is 2.28. The van der Waals surface area contributed by atoms with Gasteiger partial charge in [-0.2, -0.15) is 4.98 Å². The lowest BCUT2D eigenvalue weighted by Gasteiger charge is -2.14. The van der Waals surface area contributed by atoms with Crippen LogP contribution in [0.25, 0.3) is 0 Å². The molecule has 3 rings (SSSR count). The standard InChI is InChI=1S/C14H19N3O2S/c1-9-15-11(8-20-9)6-13-16-14(19-17-13)7-12(18)10-4-2-3-5-10/h8,10,12,18H,2-7H2,1H3. The second kappa shape index (κ2) is 6.01. The zero-order chi connectivity index (χ0) is 13.9. The quantitative estimate of drug-likeness (QED) is 0.917. The molecule has 1 N–H and O–H groups in total. The molecular weight excluding hydrogens is 274 g/mol. The second-order valence-electron chi connectivity index (χ2n) is 5.45. The Bertz CT molecular complexity index is 560. The van der Waals surface area contributed by atoms with Crippen LogP contribution in [0.1, 0.15) is 48.1 Å². The Labute approximate surface area is 122 Å². The normalized spacial score (nSPS) is 17.7. The number of thiazole rings is 1. The molecule has 1 fully saturated rings. The SMILES string of the molecule is Cc1nc(Cc2noc(CC(O)C3CCCC3)n2)cs1. The van der Waals surface area contributed by atoms with E-state index >= 15 is 0 Å². The zero-order valence-electron chi connectivity index (χ0n) is 11.6. The molecule has 1 aliphatic carbocycles. The number of aliphatic hydroxyl groups excluding tert-OH is 1. The molecule has 1 aliphatic rings. The number of hydrogen-bond acceptors (Lipinski definition) is 6. The molecule has 0 bridgehead atoms. The Hall–Kier alpha value is -1.27. The van der Waals surface area contributed by atoms with Crippen LogP contribution >= 0.6 is 11.3 Å². The highest BCUT2D eigenvalue weighted by Gasteiger charge is 2.25. The van der Waals surface area contributed by atoms with Crippen molar-refractivity contribution in [1.82, 2.24) is 15.1 Å². The second-order valence-corrected chi connectivity index (χ2v) is 6.52. The van der Waals surface area contributed by atoms with E-state index in [1.807, 2.05) is 12.3 Å². The zero-order valence-corrected chi connectivity index (χ0v) is 12.4. The lowest BCUT2D eigenvalue weighted by molar-refractivity contribution is 0.102. The molecule has 108 valence electrons. The number of aliphatic hydroxyl groups is 1. The maximum absolute atomic E-state index is 10.2. The lowest BCUT2D eigenvalue weighted by atomic mass is 9.98. The van der Waals surface area contributed by atoms with Gasteiger partial charge in [0.15, 0.2) is 5.82 Å². The minimum absolute atomic E-state index is 0.354. The van der Waals surface area contributed by atoms with Crippen LogP contribution in [0.4, 0.5) is 0 Å². The Kier molecular flexibility index (Phi) is 4.12. The van der Waals surface area contributed by atoms with Gasteiger partial charge in [-0.3, -0.25) is 0 Å². The minimum atomic E-state index is -0.354. The molecule has 1 atom stereocenters. The molecule has 1 saturated carbocycles. The smallest absolute Gasteiger partial charge is 0.229 e. The number of rotatable bonds is 5. The van der Waals surface area contributed by atoms with E-state index in [4.69, 9.17) is 4.52 Å². The van der Waals surface area contributed by atoms with Crippen molar-refractivity contribution in [2.45, 2.75) is 51.6 Å². The molecule has 6 heteroatoms. The van der Waals surface area contributed by atoms with Crippen LogP contribution < -0.4 is 0 Å². The average molecular weight is 293 g/mol. The van der Waals surface area contributed by atoms with Crippen LogP contribution in [0.3, 0.4) is 0 Å². The Balaban J connectivity index is 1.58. The molecule has 2 heterocycles. The number of aryl methyl sites for hydroxylation is 1. The fourth-order valence-corrected chi connectivity index (χ4v) is 3.40. The van der Waals surface area contributed by atoms with E-state index in [0.29, 0.717) is 30.5 Å². The van der Waals surface area contributed by atoms with Gasteiger partial charge >= 0.3 is 0 Å². The van der Waals surface area contributed by atoms with Crippen LogP contribution in [0.5, 0.6) is 0 Å². The van der Waals surface area contributed by atoms with Gasteiger partial charge in [-0.15, -0.1) is 11.3 Å². The first kappa shape index (κ1) is 13.7. The van der Waals surface area contributed by atoms with E-state index in [9.17, 15) is 5.11 Å². The van der Waals surface area contributed by atoms with Gasteiger partial charge < -0.3 is 9.63 Å². The van der Waals surface area contributed by atoms with Gasteiger partial charge in [0, 0.05) is 5.38 Å². The summed E-state index contributed by atoms with van der Waals surface area (Å²) in [7, 11) is 0. The fraction of sp³-hybridized carbons (Fsp3) is 0.643. The number of aromatic nitrogens is 3. The van der Waals surface area contributed by atoms with E-state index in [1.165, 1.54) is 12.8 Å². The maximum atomic E-state index is 10.2. The van der Waals surface area contributed by atoms with Crippen molar-refractivity contribution in [2.24, 2.45) is 5.92 Å². The third kappa shape index (κ3) is 3.24. The minimum Gasteiger partial charge on any atom is -0.392 e. The van der Waals surface area contributed by atoms with Crippen LogP contribution in [-0.4, -0.2) is 26.3 Å². The van der Waals surface area contributed by atoms with Gasteiger partial charge in [0.2, 0.25) is 5.89 Å². The van der Waals surface area contributed by atoms with Crippen molar-refractivity contribution < 1.29 is 9.63 Å². The largest absolute Gasteiger partial charge is 0.392 e. The fourth-order valence-electron chi connectivity index (χ4n) is 2.78. The monoisotopic (exact) mass is 293 g/mol. The summed E-state index contributed by atoms with van der Waals surface area (Å²) in [5.74, 6) is 1.57. The van der Waals surface area contributed by atoms with Gasteiger partial charge in [0.1, 0.15) is 0 Å². The molecular formula is C14H19N3O2S. The summed E-state index contributed by atoms with van der Waals surface area (Å²) in [6.45, 7) is 1.98. The van der Waals surface area contributed by atoms with Crippen molar-refractivity contribution in [3.05, 3.63) is 27.8 Å². The topological polar surface area (TPSA) is 72.0 Å². The van der Waals surface area contributed by atoms with E-state index in [0.717, 1.165) is 23.5 Å². The predicted molar refractivity (Wildman–Crippen MR) is 75.6 cm³/mol. The summed E-state index contributed by atoms with van der Waals surface area (Å²) in [4.78, 5) is 8.74. The molecule has 0 spiro atoms. The molecule has 1 unspecified atom stereocenters. The van der Waals surface area contributed by atoms with Crippen LogP contribution in [0.15, 0.2) is 9.90 Å². The van der Waals surface area contributed by atoms with Crippen LogP contribution in [0.2, 0.25) is 0 Å². The Morgan fingerprint density at radius 2 is 2.20 bits per heavy atom. The summed E-state index contributed by atoms with van der Waals surface area (Å²) < 4.78 is 5.23. The first-order valence-electron chi connectivity index (χ1n) is 7.11. The van der Waals surface area contributed by atoms with Gasteiger partial charge in [0.05, 0.1) is 29.6 Å². The predicted octanol–water partition coefficient (Wildman–Crippen LogP) is 2.52. The summed E-state index contributed by atoms with van der Waals surface area (Å²) >= 11 is 1.62. The Morgan fingerprint density at radius 3 is 2.90 bits per heavy atom. The van der Waals surface area contributed by atoms with Gasteiger partial charge in [0.25, 0.3) is 0 Å². The van der Waals surface area contributed by atoms with Crippen LogP contribution in [-0.2, 0) is 12.8 Å². The van der Waals surface area contributed by atoms with Crippen molar-refractivity contribution in [1.29, 1.82) is 0 Å². The van der Waals surface area contributed by atoms with Gasteiger partial charge in [-0.25, -0.2) is 4.98 Å². The molecule has 0 radical (unpaired) electrons. The van der Waals surface area contributed by atoms with E-state index < -0.39 is 0 Å². The van der Waals surface area contributed by atoms with E-state index in [-0.39, 0.29) is 6.10 Å². The molecule has 20 heavy (non-hydrogen) atoms. The molecule has 2 aromatic rings. The van der Waals surface area contributed by atoms with Crippen molar-refractivity contribution in [2.75, 3.05) is 0 Å². The van der Waals surface area contributed by atoms with Crippen molar-refractivity contribution in [3.8, 4) is 0 Å². The third-order valence-corrected chi connectivity index (χ3v) is 4.67. The van der Waals surface area contributed by atoms with Gasteiger partial charge in [-0.05, 0) is 25.7 Å². The van der Waals surface area contributed by atoms with Gasteiger partial charge in [-0.1, -0.05) is 18.0 Å². The number of nitrogens with zero attached hydrogens (tertiary/aromatic N) is 3. The van der Waals surface area contributed by atoms with Crippen molar-refractivity contribution in [3.63, 3.8) is 0 Å². The first-order chi connectivity index (χ1) is 9.70. The molecule has 2 aromatic heterocycles. The lowest BCUT2D eigenvalue weighted by Crippen LogP contribution is -2.20. The van der Waals surface area contributed by atoms with E-state index in [2.05, 4.69) is 15.1 Å². The molecule has 0 aromatic carbocycles.